The SMILES string of the molecule is CCOc1cccc2cc(C(=O)Nc3sc(C(C)c4ccccc4)cc3C(=O)OC)c(=O)oc12. The third-order valence-corrected chi connectivity index (χ3v) is 6.61. The summed E-state index contributed by atoms with van der Waals surface area (Å²) in [6.07, 6.45) is 0. The molecule has 7 nitrogen and oxygen atoms in total. The van der Waals surface area contributed by atoms with E-state index in [2.05, 4.69) is 5.32 Å². The zero-order chi connectivity index (χ0) is 24.2. The molecule has 34 heavy (non-hydrogen) atoms. The summed E-state index contributed by atoms with van der Waals surface area (Å²) in [6.45, 7) is 4.25. The van der Waals surface area contributed by atoms with Crippen LogP contribution in [0.1, 0.15) is 50.9 Å². The number of fused-ring (bicyclic) bond motifs is 1. The number of rotatable bonds is 7. The third kappa shape index (κ3) is 4.58. The quantitative estimate of drug-likeness (QED) is 0.281. The number of anilines is 1. The minimum atomic E-state index is -0.800. The Hall–Kier alpha value is -3.91. The van der Waals surface area contributed by atoms with Crippen molar-refractivity contribution in [3.8, 4) is 5.75 Å². The largest absolute Gasteiger partial charge is 0.490 e. The molecule has 1 unspecified atom stereocenters. The lowest BCUT2D eigenvalue weighted by Crippen LogP contribution is -2.21. The Morgan fingerprint density at radius 1 is 1.06 bits per heavy atom. The van der Waals surface area contributed by atoms with Crippen LogP contribution in [0.15, 0.2) is 69.9 Å². The van der Waals surface area contributed by atoms with Gasteiger partial charge in [-0.1, -0.05) is 49.4 Å². The summed E-state index contributed by atoms with van der Waals surface area (Å²) in [7, 11) is 1.28. The van der Waals surface area contributed by atoms with Crippen molar-refractivity contribution in [2.24, 2.45) is 0 Å². The first-order chi connectivity index (χ1) is 16.4. The topological polar surface area (TPSA) is 94.8 Å². The number of nitrogens with one attached hydrogen (secondary N) is 1. The molecule has 2 aromatic carbocycles. The zero-order valence-electron chi connectivity index (χ0n) is 18.9. The van der Waals surface area contributed by atoms with Crippen molar-refractivity contribution in [1.29, 1.82) is 0 Å². The van der Waals surface area contributed by atoms with Gasteiger partial charge in [-0.2, -0.15) is 0 Å². The van der Waals surface area contributed by atoms with Crippen LogP contribution in [0.4, 0.5) is 5.00 Å². The first-order valence-corrected chi connectivity index (χ1v) is 11.5. The normalized spacial score (nSPS) is 11.7. The second kappa shape index (κ2) is 9.93. The standard InChI is InChI=1S/C26H23NO6S/c1-4-32-20-12-8-11-17-13-18(26(30)33-22(17)20)23(28)27-24-19(25(29)31-3)14-21(34-24)15(2)16-9-6-5-7-10-16/h5-15H,4H2,1-3H3,(H,27,28). The van der Waals surface area contributed by atoms with Gasteiger partial charge in [0.2, 0.25) is 0 Å². The summed E-state index contributed by atoms with van der Waals surface area (Å²) in [4.78, 5) is 39.0. The van der Waals surface area contributed by atoms with Crippen LogP contribution < -0.4 is 15.7 Å². The van der Waals surface area contributed by atoms with Crippen molar-refractivity contribution >= 4 is 39.2 Å². The molecule has 0 spiro atoms. The van der Waals surface area contributed by atoms with E-state index in [4.69, 9.17) is 13.9 Å². The van der Waals surface area contributed by atoms with E-state index in [1.807, 2.05) is 44.2 Å². The van der Waals surface area contributed by atoms with E-state index < -0.39 is 17.5 Å². The van der Waals surface area contributed by atoms with Gasteiger partial charge < -0.3 is 19.2 Å². The van der Waals surface area contributed by atoms with Gasteiger partial charge in [0.25, 0.3) is 5.91 Å². The molecule has 0 bridgehead atoms. The number of para-hydroxylation sites is 1. The molecule has 174 valence electrons. The molecule has 4 rings (SSSR count). The number of carbonyl (C=O) groups is 2. The van der Waals surface area contributed by atoms with Crippen LogP contribution in [0.2, 0.25) is 0 Å². The van der Waals surface area contributed by atoms with Crippen LogP contribution in [-0.2, 0) is 4.74 Å². The Balaban J connectivity index is 1.69. The minimum Gasteiger partial charge on any atom is -0.490 e. The maximum Gasteiger partial charge on any atom is 0.349 e. The molecule has 1 amide bonds. The molecule has 0 aliphatic rings. The molecule has 1 atom stereocenters. The van der Waals surface area contributed by atoms with Crippen LogP contribution in [0.25, 0.3) is 11.0 Å². The fourth-order valence-electron chi connectivity index (χ4n) is 3.60. The molecule has 0 saturated heterocycles. The number of amides is 1. The molecule has 1 N–H and O–H groups in total. The molecule has 0 aliphatic carbocycles. The van der Waals surface area contributed by atoms with E-state index in [-0.39, 0.29) is 22.6 Å². The fourth-order valence-corrected chi connectivity index (χ4v) is 4.72. The van der Waals surface area contributed by atoms with E-state index in [0.717, 1.165) is 10.4 Å². The summed E-state index contributed by atoms with van der Waals surface area (Å²) in [5.74, 6) is -0.842. The van der Waals surface area contributed by atoms with Crippen LogP contribution in [-0.4, -0.2) is 25.6 Å². The van der Waals surface area contributed by atoms with Gasteiger partial charge in [0.05, 0.1) is 19.3 Å². The number of thiophene rings is 1. The number of ether oxygens (including phenoxy) is 2. The average molecular weight is 478 g/mol. The maximum absolute atomic E-state index is 13.1. The fraction of sp³-hybridized carbons (Fsp3) is 0.192. The van der Waals surface area contributed by atoms with Crippen molar-refractivity contribution in [3.63, 3.8) is 0 Å². The number of hydrogen-bond donors (Lipinski definition) is 1. The summed E-state index contributed by atoms with van der Waals surface area (Å²) in [6, 6.07) is 18.1. The second-order valence-corrected chi connectivity index (χ2v) is 8.61. The van der Waals surface area contributed by atoms with Crippen molar-refractivity contribution in [3.05, 3.63) is 92.7 Å². The van der Waals surface area contributed by atoms with Crippen LogP contribution in [0, 0.1) is 0 Å². The highest BCUT2D eigenvalue weighted by atomic mass is 32.1. The Labute approximate surface area is 199 Å². The monoisotopic (exact) mass is 477 g/mol. The van der Waals surface area contributed by atoms with Crippen molar-refractivity contribution < 1.29 is 23.5 Å². The van der Waals surface area contributed by atoms with Gasteiger partial charge in [-0.15, -0.1) is 11.3 Å². The molecule has 2 heterocycles. The molecule has 4 aromatic rings. The van der Waals surface area contributed by atoms with Gasteiger partial charge in [-0.25, -0.2) is 9.59 Å². The van der Waals surface area contributed by atoms with Gasteiger partial charge in [0.15, 0.2) is 11.3 Å². The lowest BCUT2D eigenvalue weighted by atomic mass is 9.99. The predicted molar refractivity (Wildman–Crippen MR) is 131 cm³/mol. The van der Waals surface area contributed by atoms with Crippen molar-refractivity contribution in [1.82, 2.24) is 0 Å². The Kier molecular flexibility index (Phi) is 6.79. The number of esters is 1. The smallest absolute Gasteiger partial charge is 0.349 e. The predicted octanol–water partition coefficient (Wildman–Crippen LogP) is 5.44. The molecule has 0 fully saturated rings. The highest BCUT2D eigenvalue weighted by molar-refractivity contribution is 7.16. The molecule has 8 heteroatoms. The van der Waals surface area contributed by atoms with Gasteiger partial charge in [0.1, 0.15) is 10.6 Å². The van der Waals surface area contributed by atoms with E-state index in [1.54, 1.807) is 24.3 Å². The molecule has 0 aliphatic heterocycles. The van der Waals surface area contributed by atoms with Crippen molar-refractivity contribution in [2.45, 2.75) is 19.8 Å². The Bertz CT molecular complexity index is 1410. The lowest BCUT2D eigenvalue weighted by molar-refractivity contribution is 0.0602. The average Bonchev–Trinajstić information content (AvgIpc) is 3.27. The molecule has 0 radical (unpaired) electrons. The first kappa shape index (κ1) is 23.3. The third-order valence-electron chi connectivity index (χ3n) is 5.38. The first-order valence-electron chi connectivity index (χ1n) is 10.7. The van der Waals surface area contributed by atoms with E-state index in [0.29, 0.717) is 22.7 Å². The Morgan fingerprint density at radius 2 is 1.82 bits per heavy atom. The van der Waals surface area contributed by atoms with Gasteiger partial charge in [0, 0.05) is 16.2 Å². The minimum absolute atomic E-state index is 0.0111. The summed E-state index contributed by atoms with van der Waals surface area (Å²) in [5.41, 5.74) is 0.589. The zero-order valence-corrected chi connectivity index (χ0v) is 19.7. The van der Waals surface area contributed by atoms with E-state index in [1.165, 1.54) is 24.5 Å². The van der Waals surface area contributed by atoms with E-state index >= 15 is 0 Å². The van der Waals surface area contributed by atoms with Gasteiger partial charge in [-0.3, -0.25) is 4.79 Å². The van der Waals surface area contributed by atoms with Crippen LogP contribution >= 0.6 is 11.3 Å². The Morgan fingerprint density at radius 3 is 2.53 bits per heavy atom. The highest BCUT2D eigenvalue weighted by Crippen LogP contribution is 2.36. The molecule has 2 aromatic heterocycles. The maximum atomic E-state index is 13.1. The van der Waals surface area contributed by atoms with E-state index in [9.17, 15) is 14.4 Å². The molecular formula is C26H23NO6S. The lowest BCUT2D eigenvalue weighted by Gasteiger charge is -2.09. The number of benzene rings is 2. The second-order valence-electron chi connectivity index (χ2n) is 7.52. The molecule has 0 saturated carbocycles. The van der Waals surface area contributed by atoms with Gasteiger partial charge in [-0.05, 0) is 30.7 Å². The van der Waals surface area contributed by atoms with Crippen LogP contribution in [0.3, 0.4) is 0 Å². The highest BCUT2D eigenvalue weighted by Gasteiger charge is 2.24. The number of hydrogen-bond acceptors (Lipinski definition) is 7. The molecular weight excluding hydrogens is 454 g/mol. The van der Waals surface area contributed by atoms with Gasteiger partial charge >= 0.3 is 11.6 Å². The number of carbonyl (C=O) groups excluding carboxylic acids is 2. The summed E-state index contributed by atoms with van der Waals surface area (Å²) >= 11 is 1.26. The summed E-state index contributed by atoms with van der Waals surface area (Å²) in [5, 5.41) is 3.55. The summed E-state index contributed by atoms with van der Waals surface area (Å²) < 4.78 is 15.8. The number of methoxy groups -OCH3 is 1. The van der Waals surface area contributed by atoms with Crippen LogP contribution in [0.5, 0.6) is 5.75 Å². The van der Waals surface area contributed by atoms with Crippen molar-refractivity contribution in [2.75, 3.05) is 19.0 Å².